The molecular weight excluding hydrogens is 450 g/mol. The Kier molecular flexibility index (Phi) is 4.90. The highest BCUT2D eigenvalue weighted by atomic mass is 19.4. The van der Waals surface area contributed by atoms with Crippen molar-refractivity contribution >= 4 is 16.9 Å². The fraction of sp³-hybridized carbons (Fsp3) is 0.500. The summed E-state index contributed by atoms with van der Waals surface area (Å²) in [7, 11) is 0. The zero-order valence-electron chi connectivity index (χ0n) is 18.6. The molecule has 2 aromatic heterocycles. The van der Waals surface area contributed by atoms with Crippen LogP contribution in [0.5, 0.6) is 0 Å². The third kappa shape index (κ3) is 3.54. The number of aromatic nitrogens is 3. The SMILES string of the molecule is CC1(F)CC(N2CC3COCC3C2)C(Nc2ncnc3[nH]c(C(F)(F)F)cc23)c2ccccc21. The number of nitrogens with one attached hydrogen (secondary N) is 2. The predicted molar refractivity (Wildman–Crippen MR) is 118 cm³/mol. The number of fused-ring (bicyclic) bond motifs is 3. The summed E-state index contributed by atoms with van der Waals surface area (Å²) in [6.45, 7) is 4.66. The van der Waals surface area contributed by atoms with E-state index in [-0.39, 0.29) is 29.5 Å². The number of ether oxygens (including phenoxy) is 1. The Morgan fingerprint density at radius 1 is 1.15 bits per heavy atom. The first-order valence-corrected chi connectivity index (χ1v) is 11.5. The zero-order valence-corrected chi connectivity index (χ0v) is 18.6. The second kappa shape index (κ2) is 7.64. The molecule has 2 fully saturated rings. The van der Waals surface area contributed by atoms with Crippen molar-refractivity contribution in [3.63, 3.8) is 0 Å². The van der Waals surface area contributed by atoms with Crippen LogP contribution in [0, 0.1) is 11.8 Å². The van der Waals surface area contributed by atoms with Gasteiger partial charge in [0.25, 0.3) is 0 Å². The first-order chi connectivity index (χ1) is 16.2. The molecule has 3 aliphatic rings. The summed E-state index contributed by atoms with van der Waals surface area (Å²) in [4.78, 5) is 12.9. The van der Waals surface area contributed by atoms with Crippen LogP contribution in [-0.4, -0.2) is 52.2 Å². The van der Waals surface area contributed by atoms with Gasteiger partial charge in [0.15, 0.2) is 0 Å². The van der Waals surface area contributed by atoms with Gasteiger partial charge in [0.2, 0.25) is 0 Å². The van der Waals surface area contributed by atoms with E-state index >= 15 is 4.39 Å². The highest BCUT2D eigenvalue weighted by Gasteiger charge is 2.48. The third-order valence-electron chi connectivity index (χ3n) is 7.60. The van der Waals surface area contributed by atoms with Crippen LogP contribution in [0.3, 0.4) is 0 Å². The number of alkyl halides is 4. The predicted octanol–water partition coefficient (Wildman–Crippen LogP) is 4.67. The quantitative estimate of drug-likeness (QED) is 0.540. The van der Waals surface area contributed by atoms with Crippen molar-refractivity contribution in [2.24, 2.45) is 11.8 Å². The lowest BCUT2D eigenvalue weighted by Gasteiger charge is -2.44. The Bertz CT molecular complexity index is 1210. The van der Waals surface area contributed by atoms with Crippen LogP contribution in [0.4, 0.5) is 23.4 Å². The molecule has 2 saturated heterocycles. The lowest BCUT2D eigenvalue weighted by molar-refractivity contribution is -0.140. The Hall–Kier alpha value is -2.72. The van der Waals surface area contributed by atoms with Crippen molar-refractivity contribution in [3.05, 3.63) is 53.5 Å². The number of hydrogen-bond donors (Lipinski definition) is 2. The monoisotopic (exact) mass is 475 g/mol. The van der Waals surface area contributed by atoms with E-state index in [1.165, 1.54) is 6.33 Å². The average molecular weight is 475 g/mol. The summed E-state index contributed by atoms with van der Waals surface area (Å²) in [5.74, 6) is 1.15. The van der Waals surface area contributed by atoms with Gasteiger partial charge in [0.1, 0.15) is 29.2 Å². The molecule has 10 heteroatoms. The molecule has 2 aliphatic heterocycles. The molecule has 0 bridgehead atoms. The van der Waals surface area contributed by atoms with E-state index in [4.69, 9.17) is 4.74 Å². The van der Waals surface area contributed by atoms with Gasteiger partial charge in [-0.15, -0.1) is 0 Å². The second-order valence-electron chi connectivity index (χ2n) is 9.86. The number of rotatable bonds is 3. The maximum Gasteiger partial charge on any atom is 0.431 e. The van der Waals surface area contributed by atoms with E-state index in [9.17, 15) is 13.2 Å². The number of nitrogens with zero attached hydrogens (tertiary/aromatic N) is 3. The highest BCUT2D eigenvalue weighted by Crippen LogP contribution is 2.48. The minimum atomic E-state index is -4.52. The number of halogens is 4. The Morgan fingerprint density at radius 3 is 2.62 bits per heavy atom. The van der Waals surface area contributed by atoms with E-state index in [2.05, 4.69) is 25.2 Å². The highest BCUT2D eigenvalue weighted by molar-refractivity contribution is 5.88. The number of benzene rings is 1. The maximum absolute atomic E-state index is 15.9. The van der Waals surface area contributed by atoms with E-state index in [1.807, 2.05) is 18.2 Å². The van der Waals surface area contributed by atoms with E-state index in [0.29, 0.717) is 36.4 Å². The Labute approximate surface area is 193 Å². The summed E-state index contributed by atoms with van der Waals surface area (Å²) in [6, 6.07) is 7.86. The van der Waals surface area contributed by atoms with Gasteiger partial charge in [0, 0.05) is 37.4 Å². The molecule has 4 heterocycles. The van der Waals surface area contributed by atoms with Gasteiger partial charge >= 0.3 is 6.18 Å². The molecule has 5 unspecified atom stereocenters. The van der Waals surface area contributed by atoms with Crippen molar-refractivity contribution in [1.82, 2.24) is 19.9 Å². The number of hydrogen-bond acceptors (Lipinski definition) is 5. The van der Waals surface area contributed by atoms with Crippen LogP contribution < -0.4 is 5.32 Å². The van der Waals surface area contributed by atoms with Gasteiger partial charge in [-0.25, -0.2) is 14.4 Å². The van der Waals surface area contributed by atoms with Crippen LogP contribution in [0.2, 0.25) is 0 Å². The standard InChI is InChI=1S/C24H25F4N5O/c1-23(25)7-18(33-8-13-10-34-11-14(13)9-33)20(15-4-2-3-5-17(15)23)32-22-16-6-19(24(26,27)28)31-21(16)29-12-30-22/h2-6,12-14,18,20H,7-11H2,1H3,(H2,29,30,31,32). The summed E-state index contributed by atoms with van der Waals surface area (Å²) >= 11 is 0. The average Bonchev–Trinajstić information content (AvgIpc) is 3.50. The number of likely N-dealkylation sites (tertiary alicyclic amines) is 1. The van der Waals surface area contributed by atoms with Crippen molar-refractivity contribution in [2.75, 3.05) is 31.6 Å². The van der Waals surface area contributed by atoms with Gasteiger partial charge in [-0.2, -0.15) is 13.2 Å². The summed E-state index contributed by atoms with van der Waals surface area (Å²) < 4.78 is 61.5. The van der Waals surface area contributed by atoms with E-state index in [0.717, 1.165) is 24.7 Å². The molecule has 0 amide bonds. The molecule has 34 heavy (non-hydrogen) atoms. The molecule has 0 spiro atoms. The molecular formula is C24H25F4N5O. The summed E-state index contributed by atoms with van der Waals surface area (Å²) in [5.41, 5.74) is -0.896. The lowest BCUT2D eigenvalue weighted by atomic mass is 9.75. The van der Waals surface area contributed by atoms with Crippen LogP contribution in [0.25, 0.3) is 11.0 Å². The largest absolute Gasteiger partial charge is 0.431 e. The molecule has 3 aromatic rings. The number of aromatic amines is 1. The van der Waals surface area contributed by atoms with Gasteiger partial charge in [-0.1, -0.05) is 24.3 Å². The molecule has 0 radical (unpaired) electrons. The topological polar surface area (TPSA) is 66.1 Å². The molecule has 6 rings (SSSR count). The molecule has 1 aromatic carbocycles. The van der Waals surface area contributed by atoms with E-state index < -0.39 is 17.5 Å². The molecule has 2 N–H and O–H groups in total. The minimum absolute atomic E-state index is 0.105. The molecule has 5 atom stereocenters. The van der Waals surface area contributed by atoms with Crippen LogP contribution >= 0.6 is 0 Å². The lowest BCUT2D eigenvalue weighted by Crippen LogP contribution is -2.48. The van der Waals surface area contributed by atoms with Crippen LogP contribution in [0.1, 0.15) is 36.2 Å². The Balaban J connectivity index is 1.41. The fourth-order valence-electron chi connectivity index (χ4n) is 5.93. The van der Waals surface area contributed by atoms with E-state index in [1.54, 1.807) is 13.0 Å². The van der Waals surface area contributed by atoms with Crippen molar-refractivity contribution in [1.29, 1.82) is 0 Å². The first kappa shape index (κ1) is 21.8. The molecule has 0 saturated carbocycles. The van der Waals surface area contributed by atoms with Gasteiger partial charge in [-0.05, 0) is 24.1 Å². The molecule has 1 aliphatic carbocycles. The Morgan fingerprint density at radius 2 is 1.88 bits per heavy atom. The normalized spacial score (nSPS) is 31.6. The number of anilines is 1. The smallest absolute Gasteiger partial charge is 0.381 e. The number of H-pyrrole nitrogens is 1. The van der Waals surface area contributed by atoms with Crippen LogP contribution in [0.15, 0.2) is 36.7 Å². The third-order valence-corrected chi connectivity index (χ3v) is 7.60. The van der Waals surface area contributed by atoms with Gasteiger partial charge in [-0.3, -0.25) is 4.90 Å². The molecule has 6 nitrogen and oxygen atoms in total. The fourth-order valence-corrected chi connectivity index (χ4v) is 5.93. The molecule has 180 valence electrons. The first-order valence-electron chi connectivity index (χ1n) is 11.5. The maximum atomic E-state index is 15.9. The van der Waals surface area contributed by atoms with Crippen molar-refractivity contribution in [3.8, 4) is 0 Å². The second-order valence-corrected chi connectivity index (χ2v) is 9.86. The van der Waals surface area contributed by atoms with Crippen LogP contribution in [-0.2, 0) is 16.6 Å². The summed E-state index contributed by atoms with van der Waals surface area (Å²) in [6.07, 6.45) is -3.01. The minimum Gasteiger partial charge on any atom is -0.381 e. The van der Waals surface area contributed by atoms with Crippen molar-refractivity contribution < 1.29 is 22.3 Å². The zero-order chi connectivity index (χ0) is 23.7. The van der Waals surface area contributed by atoms with Gasteiger partial charge in [0.05, 0.1) is 24.6 Å². The van der Waals surface area contributed by atoms with Gasteiger partial charge < -0.3 is 15.0 Å². The summed E-state index contributed by atoms with van der Waals surface area (Å²) in [5, 5.41) is 3.65. The van der Waals surface area contributed by atoms with Crippen molar-refractivity contribution in [2.45, 2.75) is 37.3 Å².